The van der Waals surface area contributed by atoms with Gasteiger partial charge in [-0.15, -0.1) is 0 Å². The number of benzene rings is 1. The van der Waals surface area contributed by atoms with Crippen LogP contribution in [0, 0.1) is 27.7 Å². The van der Waals surface area contributed by atoms with E-state index in [-0.39, 0.29) is 5.91 Å². The highest BCUT2D eigenvalue weighted by molar-refractivity contribution is 5.85. The molecule has 2 aromatic rings. The zero-order chi connectivity index (χ0) is 19.1. The summed E-state index contributed by atoms with van der Waals surface area (Å²) in [4.78, 5) is 17.0. The standard InChI is InChI=1S/C20H27N3O3/c1-12-13(2)18-16(14(3)17(12)24)6-7-20(5,26-18)19(25)22-9-11-23-10-8-21-15(23)4/h8,10,24H,6-7,9,11H2,1-5H3,(H,22,25). The van der Waals surface area contributed by atoms with E-state index < -0.39 is 5.60 Å². The number of phenols is 1. The number of rotatable bonds is 4. The van der Waals surface area contributed by atoms with Crippen LogP contribution in [0.5, 0.6) is 11.5 Å². The van der Waals surface area contributed by atoms with Crippen LogP contribution < -0.4 is 10.1 Å². The molecule has 1 aromatic carbocycles. The first-order valence-corrected chi connectivity index (χ1v) is 9.01. The van der Waals surface area contributed by atoms with Gasteiger partial charge in [0.25, 0.3) is 5.91 Å². The molecular formula is C20H27N3O3. The van der Waals surface area contributed by atoms with Crippen LogP contribution in [0.25, 0.3) is 0 Å². The van der Waals surface area contributed by atoms with Crippen molar-refractivity contribution in [2.45, 2.75) is 59.6 Å². The number of ether oxygens (including phenoxy) is 1. The highest BCUT2D eigenvalue weighted by Crippen LogP contribution is 2.43. The van der Waals surface area contributed by atoms with E-state index in [2.05, 4.69) is 10.3 Å². The maximum atomic E-state index is 12.8. The number of fused-ring (bicyclic) bond motifs is 1. The molecule has 3 rings (SSSR count). The Hall–Kier alpha value is -2.50. The fourth-order valence-corrected chi connectivity index (χ4v) is 3.52. The van der Waals surface area contributed by atoms with Crippen LogP contribution >= 0.6 is 0 Å². The fraction of sp³-hybridized carbons (Fsp3) is 0.500. The van der Waals surface area contributed by atoms with Crippen molar-refractivity contribution in [3.63, 3.8) is 0 Å². The molecule has 140 valence electrons. The largest absolute Gasteiger partial charge is 0.507 e. The van der Waals surface area contributed by atoms with Crippen LogP contribution in [0.15, 0.2) is 12.4 Å². The molecule has 0 radical (unpaired) electrons. The topological polar surface area (TPSA) is 76.4 Å². The van der Waals surface area contributed by atoms with Gasteiger partial charge in [-0.3, -0.25) is 4.79 Å². The van der Waals surface area contributed by atoms with Gasteiger partial charge < -0.3 is 19.7 Å². The Bertz CT molecular complexity index is 856. The smallest absolute Gasteiger partial charge is 0.263 e. The average Bonchev–Trinajstić information content (AvgIpc) is 3.03. The van der Waals surface area contributed by atoms with Gasteiger partial charge in [-0.2, -0.15) is 0 Å². The minimum absolute atomic E-state index is 0.108. The zero-order valence-corrected chi connectivity index (χ0v) is 16.1. The molecule has 0 aliphatic carbocycles. The molecule has 0 saturated heterocycles. The average molecular weight is 357 g/mol. The number of hydrogen-bond donors (Lipinski definition) is 2. The first kappa shape index (κ1) is 18.3. The summed E-state index contributed by atoms with van der Waals surface area (Å²) >= 11 is 0. The van der Waals surface area contributed by atoms with Gasteiger partial charge in [0.2, 0.25) is 0 Å². The maximum Gasteiger partial charge on any atom is 0.263 e. The van der Waals surface area contributed by atoms with Crippen LogP contribution in [0.1, 0.15) is 41.4 Å². The van der Waals surface area contributed by atoms with E-state index in [0.717, 1.165) is 33.8 Å². The lowest BCUT2D eigenvalue weighted by Crippen LogP contribution is -2.51. The van der Waals surface area contributed by atoms with Crippen LogP contribution in [0.2, 0.25) is 0 Å². The molecular weight excluding hydrogens is 330 g/mol. The molecule has 26 heavy (non-hydrogen) atoms. The molecule has 1 unspecified atom stereocenters. The monoisotopic (exact) mass is 357 g/mol. The summed E-state index contributed by atoms with van der Waals surface area (Å²) < 4.78 is 8.20. The van der Waals surface area contributed by atoms with Crippen molar-refractivity contribution >= 4 is 5.91 Å². The third-order valence-corrected chi connectivity index (χ3v) is 5.56. The highest BCUT2D eigenvalue weighted by Gasteiger charge is 2.40. The molecule has 0 saturated carbocycles. The Balaban J connectivity index is 1.73. The number of carbonyl (C=O) groups excluding carboxylic acids is 1. The number of aromatic nitrogens is 2. The first-order chi connectivity index (χ1) is 12.2. The summed E-state index contributed by atoms with van der Waals surface area (Å²) in [6.07, 6.45) is 4.94. The van der Waals surface area contributed by atoms with E-state index in [0.29, 0.717) is 31.7 Å². The predicted octanol–water partition coefficient (Wildman–Crippen LogP) is 2.72. The number of nitrogens with zero attached hydrogens (tertiary/aromatic N) is 2. The van der Waals surface area contributed by atoms with E-state index >= 15 is 0 Å². The van der Waals surface area contributed by atoms with Crippen molar-refractivity contribution < 1.29 is 14.6 Å². The number of phenolic OH excluding ortho intramolecular Hbond substituents is 1. The quantitative estimate of drug-likeness (QED) is 0.882. The summed E-state index contributed by atoms with van der Waals surface area (Å²) in [7, 11) is 0. The molecule has 1 atom stereocenters. The highest BCUT2D eigenvalue weighted by atomic mass is 16.5. The van der Waals surface area contributed by atoms with Crippen molar-refractivity contribution in [3.8, 4) is 11.5 Å². The SMILES string of the molecule is Cc1c(C)c2c(c(C)c1O)CCC(C)(C(=O)NCCn1ccnc1C)O2. The van der Waals surface area contributed by atoms with E-state index in [1.54, 1.807) is 6.20 Å². The Morgan fingerprint density at radius 3 is 2.69 bits per heavy atom. The second-order valence-corrected chi connectivity index (χ2v) is 7.29. The molecule has 6 heteroatoms. The summed E-state index contributed by atoms with van der Waals surface area (Å²) in [5.41, 5.74) is 2.65. The Kier molecular flexibility index (Phi) is 4.69. The normalized spacial score (nSPS) is 19.0. The maximum absolute atomic E-state index is 12.8. The van der Waals surface area contributed by atoms with Gasteiger partial charge in [0, 0.05) is 37.5 Å². The molecule has 1 amide bonds. The lowest BCUT2D eigenvalue weighted by atomic mass is 9.86. The Labute approximate surface area is 154 Å². The van der Waals surface area contributed by atoms with Crippen LogP contribution in [-0.4, -0.2) is 32.7 Å². The number of aromatic hydroxyl groups is 1. The van der Waals surface area contributed by atoms with Crippen molar-refractivity contribution in [1.29, 1.82) is 0 Å². The molecule has 2 heterocycles. The molecule has 6 nitrogen and oxygen atoms in total. The van der Waals surface area contributed by atoms with Gasteiger partial charge in [0.15, 0.2) is 5.60 Å². The van der Waals surface area contributed by atoms with Gasteiger partial charge in [-0.05, 0) is 57.7 Å². The Morgan fingerprint density at radius 1 is 1.31 bits per heavy atom. The van der Waals surface area contributed by atoms with Crippen molar-refractivity contribution in [1.82, 2.24) is 14.9 Å². The second kappa shape index (κ2) is 6.67. The van der Waals surface area contributed by atoms with Gasteiger partial charge in [-0.25, -0.2) is 4.98 Å². The number of nitrogens with one attached hydrogen (secondary N) is 1. The van der Waals surface area contributed by atoms with E-state index in [4.69, 9.17) is 4.74 Å². The summed E-state index contributed by atoms with van der Waals surface area (Å²) in [6, 6.07) is 0. The van der Waals surface area contributed by atoms with Gasteiger partial charge in [-0.1, -0.05) is 0 Å². The third-order valence-electron chi connectivity index (χ3n) is 5.56. The number of carbonyl (C=O) groups is 1. The van der Waals surface area contributed by atoms with Gasteiger partial charge in [0.1, 0.15) is 17.3 Å². The van der Waals surface area contributed by atoms with E-state index in [1.165, 1.54) is 0 Å². The number of aryl methyl sites for hydroxylation is 1. The zero-order valence-electron chi connectivity index (χ0n) is 16.1. The molecule has 1 aliphatic rings. The summed E-state index contributed by atoms with van der Waals surface area (Å²) in [5.74, 6) is 1.89. The summed E-state index contributed by atoms with van der Waals surface area (Å²) in [5, 5.41) is 13.3. The minimum Gasteiger partial charge on any atom is -0.507 e. The predicted molar refractivity (Wildman–Crippen MR) is 99.6 cm³/mol. The van der Waals surface area contributed by atoms with Crippen LogP contribution in [0.3, 0.4) is 0 Å². The van der Waals surface area contributed by atoms with Crippen molar-refractivity contribution in [2.24, 2.45) is 0 Å². The number of hydrogen-bond acceptors (Lipinski definition) is 4. The minimum atomic E-state index is -0.905. The molecule has 0 spiro atoms. The van der Waals surface area contributed by atoms with Gasteiger partial charge >= 0.3 is 0 Å². The summed E-state index contributed by atoms with van der Waals surface area (Å²) in [6.45, 7) is 10.7. The number of imidazole rings is 1. The Morgan fingerprint density at radius 2 is 2.04 bits per heavy atom. The van der Waals surface area contributed by atoms with E-state index in [9.17, 15) is 9.90 Å². The van der Waals surface area contributed by atoms with Crippen molar-refractivity contribution in [2.75, 3.05) is 6.54 Å². The number of amides is 1. The molecule has 1 aliphatic heterocycles. The lowest BCUT2D eigenvalue weighted by molar-refractivity contribution is -0.136. The first-order valence-electron chi connectivity index (χ1n) is 9.01. The van der Waals surface area contributed by atoms with Gasteiger partial charge in [0.05, 0.1) is 0 Å². The fourth-order valence-electron chi connectivity index (χ4n) is 3.52. The van der Waals surface area contributed by atoms with E-state index in [1.807, 2.05) is 45.4 Å². The second-order valence-electron chi connectivity index (χ2n) is 7.29. The lowest BCUT2D eigenvalue weighted by Gasteiger charge is -2.36. The molecule has 0 fully saturated rings. The van der Waals surface area contributed by atoms with Crippen molar-refractivity contribution in [3.05, 3.63) is 40.5 Å². The molecule has 2 N–H and O–H groups in total. The molecule has 1 aromatic heterocycles. The third kappa shape index (κ3) is 3.04. The molecule has 0 bridgehead atoms. The van der Waals surface area contributed by atoms with Crippen LogP contribution in [0.4, 0.5) is 0 Å². The van der Waals surface area contributed by atoms with Crippen LogP contribution in [-0.2, 0) is 17.8 Å².